The zero-order valence-corrected chi connectivity index (χ0v) is 9.74. The lowest BCUT2D eigenvalue weighted by Crippen LogP contribution is -1.97. The van der Waals surface area contributed by atoms with Crippen molar-refractivity contribution >= 4 is 10.9 Å². The van der Waals surface area contributed by atoms with E-state index in [1.165, 1.54) is 0 Å². The molecule has 3 heteroatoms. The first-order valence-electron chi connectivity index (χ1n) is 5.22. The van der Waals surface area contributed by atoms with Gasteiger partial charge in [0.2, 0.25) is 0 Å². The van der Waals surface area contributed by atoms with Gasteiger partial charge >= 0.3 is 0 Å². The van der Waals surface area contributed by atoms with Crippen LogP contribution < -0.4 is 4.74 Å². The quantitative estimate of drug-likeness (QED) is 0.839. The van der Waals surface area contributed by atoms with Crippen molar-refractivity contribution in [2.75, 3.05) is 7.11 Å². The van der Waals surface area contributed by atoms with Gasteiger partial charge in [-0.05, 0) is 37.6 Å². The molecule has 3 nitrogen and oxygen atoms in total. The maximum Gasteiger partial charge on any atom is 0.125 e. The van der Waals surface area contributed by atoms with E-state index < -0.39 is 0 Å². The Hall–Kier alpha value is -1.61. The summed E-state index contributed by atoms with van der Waals surface area (Å²) in [6.07, 6.45) is 0. The number of aliphatic hydroxyl groups is 1. The van der Waals surface area contributed by atoms with Gasteiger partial charge in [0.15, 0.2) is 0 Å². The molecule has 0 aliphatic heterocycles. The molecule has 0 spiro atoms. The molecular weight excluding hydrogens is 202 g/mol. The second-order valence-electron chi connectivity index (χ2n) is 3.88. The lowest BCUT2D eigenvalue weighted by atomic mass is 10.0. The van der Waals surface area contributed by atoms with Gasteiger partial charge in [-0.15, -0.1) is 0 Å². The Kier molecular flexibility index (Phi) is 2.79. The summed E-state index contributed by atoms with van der Waals surface area (Å²) in [5.41, 5.74) is 3.82. The van der Waals surface area contributed by atoms with Crippen LogP contribution in [0.5, 0.6) is 5.75 Å². The zero-order chi connectivity index (χ0) is 11.7. The van der Waals surface area contributed by atoms with Gasteiger partial charge in [0.05, 0.1) is 19.2 Å². The maximum absolute atomic E-state index is 9.43. The number of aromatic nitrogens is 1. The topological polar surface area (TPSA) is 42.4 Å². The molecule has 2 aromatic rings. The van der Waals surface area contributed by atoms with E-state index in [1.54, 1.807) is 7.11 Å². The van der Waals surface area contributed by atoms with Crippen molar-refractivity contribution in [3.8, 4) is 5.75 Å². The molecule has 0 unspecified atom stereocenters. The molecule has 1 aromatic carbocycles. The minimum atomic E-state index is -0.0356. The van der Waals surface area contributed by atoms with Crippen molar-refractivity contribution in [2.24, 2.45) is 0 Å². The average molecular weight is 217 g/mol. The molecule has 16 heavy (non-hydrogen) atoms. The minimum absolute atomic E-state index is 0.0356. The molecule has 0 bridgehead atoms. The standard InChI is InChI=1S/C13H15NO2/c1-8-6-9(2)14-11-4-5-12(16-3)10(7-15)13(8)11/h4-6,15H,7H2,1-3H3. The first-order valence-corrected chi connectivity index (χ1v) is 5.22. The summed E-state index contributed by atoms with van der Waals surface area (Å²) in [5.74, 6) is 0.712. The van der Waals surface area contributed by atoms with Crippen LogP contribution in [0.2, 0.25) is 0 Å². The Balaban J connectivity index is 2.86. The third kappa shape index (κ3) is 1.63. The summed E-state index contributed by atoms with van der Waals surface area (Å²) in [5, 5.41) is 10.4. The summed E-state index contributed by atoms with van der Waals surface area (Å²) in [4.78, 5) is 4.45. The fourth-order valence-electron chi connectivity index (χ4n) is 2.11. The van der Waals surface area contributed by atoms with Crippen molar-refractivity contribution in [1.82, 2.24) is 4.98 Å². The Morgan fingerprint density at radius 3 is 2.69 bits per heavy atom. The number of hydrogen-bond donors (Lipinski definition) is 1. The summed E-state index contributed by atoms with van der Waals surface area (Å²) in [6.45, 7) is 3.96. The van der Waals surface area contributed by atoms with Crippen LogP contribution in [0.3, 0.4) is 0 Å². The van der Waals surface area contributed by atoms with Crippen LogP contribution in [0.1, 0.15) is 16.8 Å². The van der Waals surface area contributed by atoms with Gasteiger partial charge in [0, 0.05) is 16.6 Å². The van der Waals surface area contributed by atoms with E-state index in [9.17, 15) is 5.11 Å². The molecule has 0 aliphatic rings. The lowest BCUT2D eigenvalue weighted by molar-refractivity contribution is 0.275. The fourth-order valence-corrected chi connectivity index (χ4v) is 2.11. The lowest BCUT2D eigenvalue weighted by Gasteiger charge is -2.12. The van der Waals surface area contributed by atoms with Gasteiger partial charge in [0.25, 0.3) is 0 Å². The molecule has 0 radical (unpaired) electrons. The molecule has 0 atom stereocenters. The van der Waals surface area contributed by atoms with Gasteiger partial charge in [0.1, 0.15) is 5.75 Å². The smallest absolute Gasteiger partial charge is 0.125 e. The molecule has 2 rings (SSSR count). The highest BCUT2D eigenvalue weighted by atomic mass is 16.5. The molecule has 0 saturated heterocycles. The second kappa shape index (κ2) is 4.10. The number of ether oxygens (including phenoxy) is 1. The Bertz CT molecular complexity index is 535. The summed E-state index contributed by atoms with van der Waals surface area (Å²) in [6, 6.07) is 5.79. The Morgan fingerprint density at radius 1 is 1.31 bits per heavy atom. The van der Waals surface area contributed by atoms with E-state index in [0.717, 1.165) is 27.7 Å². The van der Waals surface area contributed by atoms with Gasteiger partial charge < -0.3 is 9.84 Å². The third-order valence-electron chi connectivity index (χ3n) is 2.74. The van der Waals surface area contributed by atoms with Crippen molar-refractivity contribution in [2.45, 2.75) is 20.5 Å². The predicted molar refractivity (Wildman–Crippen MR) is 63.7 cm³/mol. The predicted octanol–water partition coefficient (Wildman–Crippen LogP) is 2.35. The second-order valence-corrected chi connectivity index (χ2v) is 3.88. The molecule has 0 aliphatic carbocycles. The number of methoxy groups -OCH3 is 1. The van der Waals surface area contributed by atoms with Gasteiger partial charge in [-0.2, -0.15) is 0 Å². The SMILES string of the molecule is COc1ccc2nc(C)cc(C)c2c1CO. The van der Waals surface area contributed by atoms with Crippen LogP contribution in [0.15, 0.2) is 18.2 Å². The van der Waals surface area contributed by atoms with E-state index in [2.05, 4.69) is 4.98 Å². The van der Waals surface area contributed by atoms with E-state index in [4.69, 9.17) is 4.74 Å². The van der Waals surface area contributed by atoms with E-state index in [-0.39, 0.29) is 6.61 Å². The number of benzene rings is 1. The summed E-state index contributed by atoms with van der Waals surface area (Å²) in [7, 11) is 1.61. The molecule has 1 aromatic heterocycles. The normalized spacial score (nSPS) is 10.8. The number of nitrogens with zero attached hydrogens (tertiary/aromatic N) is 1. The number of aliphatic hydroxyl groups excluding tert-OH is 1. The minimum Gasteiger partial charge on any atom is -0.496 e. The monoisotopic (exact) mass is 217 g/mol. The van der Waals surface area contributed by atoms with Crippen LogP contribution in [0.25, 0.3) is 10.9 Å². The van der Waals surface area contributed by atoms with Gasteiger partial charge in [-0.3, -0.25) is 4.98 Å². The van der Waals surface area contributed by atoms with Crippen LogP contribution in [-0.4, -0.2) is 17.2 Å². The largest absolute Gasteiger partial charge is 0.496 e. The number of aryl methyl sites for hydroxylation is 2. The fraction of sp³-hybridized carbons (Fsp3) is 0.308. The van der Waals surface area contributed by atoms with Gasteiger partial charge in [-0.1, -0.05) is 0 Å². The third-order valence-corrected chi connectivity index (χ3v) is 2.74. The van der Waals surface area contributed by atoms with Crippen LogP contribution in [-0.2, 0) is 6.61 Å². The highest BCUT2D eigenvalue weighted by Crippen LogP contribution is 2.29. The van der Waals surface area contributed by atoms with E-state index in [0.29, 0.717) is 5.75 Å². The van der Waals surface area contributed by atoms with Crippen molar-refractivity contribution in [3.63, 3.8) is 0 Å². The van der Waals surface area contributed by atoms with Crippen molar-refractivity contribution in [3.05, 3.63) is 35.0 Å². The molecule has 0 fully saturated rings. The highest BCUT2D eigenvalue weighted by Gasteiger charge is 2.10. The molecule has 1 heterocycles. The average Bonchev–Trinajstić information content (AvgIpc) is 2.27. The first-order chi connectivity index (χ1) is 7.67. The zero-order valence-electron chi connectivity index (χ0n) is 9.74. The summed E-state index contributed by atoms with van der Waals surface area (Å²) >= 11 is 0. The number of fused-ring (bicyclic) bond motifs is 1. The van der Waals surface area contributed by atoms with Crippen LogP contribution in [0.4, 0.5) is 0 Å². The maximum atomic E-state index is 9.43. The van der Waals surface area contributed by atoms with Crippen LogP contribution in [0, 0.1) is 13.8 Å². The van der Waals surface area contributed by atoms with Gasteiger partial charge in [-0.25, -0.2) is 0 Å². The number of rotatable bonds is 2. The molecule has 0 amide bonds. The molecule has 84 valence electrons. The number of hydrogen-bond acceptors (Lipinski definition) is 3. The Morgan fingerprint density at radius 2 is 2.06 bits per heavy atom. The molecule has 0 saturated carbocycles. The van der Waals surface area contributed by atoms with Crippen molar-refractivity contribution in [1.29, 1.82) is 0 Å². The highest BCUT2D eigenvalue weighted by molar-refractivity contribution is 5.87. The van der Waals surface area contributed by atoms with Crippen molar-refractivity contribution < 1.29 is 9.84 Å². The Labute approximate surface area is 94.7 Å². The first kappa shape index (κ1) is 10.9. The molecule has 1 N–H and O–H groups in total. The van der Waals surface area contributed by atoms with E-state index >= 15 is 0 Å². The summed E-state index contributed by atoms with van der Waals surface area (Å²) < 4.78 is 5.24. The van der Waals surface area contributed by atoms with Crippen LogP contribution >= 0.6 is 0 Å². The number of pyridine rings is 1. The van der Waals surface area contributed by atoms with E-state index in [1.807, 2.05) is 32.0 Å². The molecular formula is C13H15NO2.